The summed E-state index contributed by atoms with van der Waals surface area (Å²) in [6.45, 7) is 3.79. The van der Waals surface area contributed by atoms with E-state index in [4.69, 9.17) is 0 Å². The Balaban J connectivity index is 2.03. The van der Waals surface area contributed by atoms with E-state index in [1.165, 1.54) is 23.5 Å². The number of benzene rings is 1. The molecule has 94 valence electrons. The molecule has 0 aliphatic rings. The number of hydrogen-bond donors (Lipinski definition) is 2. The fourth-order valence-corrected chi connectivity index (χ4v) is 2.15. The van der Waals surface area contributed by atoms with Crippen LogP contribution in [0, 0.1) is 19.7 Å². The first-order chi connectivity index (χ1) is 8.56. The Labute approximate surface area is 108 Å². The van der Waals surface area contributed by atoms with Crippen molar-refractivity contribution in [3.05, 3.63) is 40.7 Å². The van der Waals surface area contributed by atoms with Gasteiger partial charge in [-0.2, -0.15) is 0 Å². The number of amides is 2. The van der Waals surface area contributed by atoms with Gasteiger partial charge in [0.15, 0.2) is 5.13 Å². The second kappa shape index (κ2) is 5.14. The minimum Gasteiger partial charge on any atom is -0.305 e. The minimum absolute atomic E-state index is 0.139. The van der Waals surface area contributed by atoms with Crippen LogP contribution in [0.25, 0.3) is 0 Å². The van der Waals surface area contributed by atoms with E-state index in [0.717, 1.165) is 10.6 Å². The maximum atomic E-state index is 13.3. The lowest BCUT2D eigenvalue weighted by Crippen LogP contribution is -2.19. The molecule has 1 aromatic carbocycles. The van der Waals surface area contributed by atoms with Crippen molar-refractivity contribution >= 4 is 28.2 Å². The fraction of sp³-hybridized carbons (Fsp3) is 0.167. The molecule has 4 nitrogen and oxygen atoms in total. The van der Waals surface area contributed by atoms with Crippen molar-refractivity contribution in [2.24, 2.45) is 0 Å². The lowest BCUT2D eigenvalue weighted by atomic mass is 10.3. The van der Waals surface area contributed by atoms with Gasteiger partial charge in [0.05, 0.1) is 11.4 Å². The molecule has 0 aliphatic heterocycles. The van der Waals surface area contributed by atoms with Gasteiger partial charge in [0.25, 0.3) is 0 Å². The number of urea groups is 1. The van der Waals surface area contributed by atoms with Crippen LogP contribution in [0.3, 0.4) is 0 Å². The van der Waals surface area contributed by atoms with Crippen LogP contribution in [0.1, 0.15) is 10.6 Å². The van der Waals surface area contributed by atoms with Gasteiger partial charge in [-0.15, -0.1) is 11.3 Å². The molecule has 1 heterocycles. The van der Waals surface area contributed by atoms with Gasteiger partial charge in [-0.25, -0.2) is 14.2 Å². The van der Waals surface area contributed by atoms with Crippen LogP contribution in [0.15, 0.2) is 24.3 Å². The first kappa shape index (κ1) is 12.5. The average molecular weight is 265 g/mol. The van der Waals surface area contributed by atoms with E-state index >= 15 is 0 Å². The number of rotatable bonds is 2. The number of aryl methyl sites for hydroxylation is 2. The second-order valence-corrected chi connectivity index (χ2v) is 4.92. The summed E-state index contributed by atoms with van der Waals surface area (Å²) >= 11 is 1.38. The van der Waals surface area contributed by atoms with E-state index in [1.54, 1.807) is 12.1 Å². The van der Waals surface area contributed by atoms with Crippen LogP contribution in [0.5, 0.6) is 0 Å². The smallest absolute Gasteiger partial charge is 0.305 e. The van der Waals surface area contributed by atoms with Gasteiger partial charge in [0.1, 0.15) is 5.82 Å². The molecular formula is C12H12FN3OS. The summed E-state index contributed by atoms with van der Waals surface area (Å²) in [5, 5.41) is 5.50. The largest absolute Gasteiger partial charge is 0.325 e. The molecule has 0 atom stereocenters. The molecule has 0 aliphatic carbocycles. The number of nitrogens with zero attached hydrogens (tertiary/aromatic N) is 1. The highest BCUT2D eigenvalue weighted by Gasteiger charge is 2.09. The van der Waals surface area contributed by atoms with Crippen LogP contribution < -0.4 is 10.6 Å². The molecule has 0 unspecified atom stereocenters. The van der Waals surface area contributed by atoms with Crippen molar-refractivity contribution in [2.75, 3.05) is 10.6 Å². The van der Waals surface area contributed by atoms with E-state index in [1.807, 2.05) is 13.8 Å². The number of anilines is 2. The summed E-state index contributed by atoms with van der Waals surface area (Å²) < 4.78 is 13.3. The predicted molar refractivity (Wildman–Crippen MR) is 70.6 cm³/mol. The van der Waals surface area contributed by atoms with Gasteiger partial charge in [0.2, 0.25) is 0 Å². The average Bonchev–Trinajstić information content (AvgIpc) is 2.61. The van der Waals surface area contributed by atoms with Gasteiger partial charge in [-0.3, -0.25) is 5.32 Å². The van der Waals surface area contributed by atoms with Crippen LogP contribution in [0.2, 0.25) is 0 Å². The molecule has 2 rings (SSSR count). The van der Waals surface area contributed by atoms with Crippen molar-refractivity contribution < 1.29 is 9.18 Å². The molecular weight excluding hydrogens is 253 g/mol. The van der Waals surface area contributed by atoms with Crippen molar-refractivity contribution in [1.82, 2.24) is 4.98 Å². The van der Waals surface area contributed by atoms with Crippen molar-refractivity contribution in [1.29, 1.82) is 0 Å². The standard InChI is InChI=1S/C12H12FN3OS/c1-7-8(2)18-12(14-7)16-11(17)15-10-6-4-3-5-9(10)13/h3-6H,1-2H3,(H2,14,15,16,17). The Morgan fingerprint density at radius 2 is 2.00 bits per heavy atom. The van der Waals surface area contributed by atoms with Crippen molar-refractivity contribution in [2.45, 2.75) is 13.8 Å². The molecule has 18 heavy (non-hydrogen) atoms. The molecule has 2 aromatic rings. The third-order valence-electron chi connectivity index (χ3n) is 2.37. The summed E-state index contributed by atoms with van der Waals surface area (Å²) in [6, 6.07) is 5.48. The van der Waals surface area contributed by atoms with Gasteiger partial charge in [-0.05, 0) is 26.0 Å². The number of aromatic nitrogens is 1. The Hall–Kier alpha value is -1.95. The molecule has 0 fully saturated rings. The topological polar surface area (TPSA) is 54.0 Å². The van der Waals surface area contributed by atoms with E-state index in [9.17, 15) is 9.18 Å². The summed E-state index contributed by atoms with van der Waals surface area (Å²) in [6.07, 6.45) is 0. The molecule has 0 bridgehead atoms. The normalized spacial score (nSPS) is 10.2. The van der Waals surface area contributed by atoms with E-state index in [-0.39, 0.29) is 5.69 Å². The van der Waals surface area contributed by atoms with Crippen LogP contribution in [-0.4, -0.2) is 11.0 Å². The number of carbonyl (C=O) groups excluding carboxylic acids is 1. The Kier molecular flexibility index (Phi) is 3.57. The third-order valence-corrected chi connectivity index (χ3v) is 3.36. The molecule has 2 N–H and O–H groups in total. The lowest BCUT2D eigenvalue weighted by molar-refractivity contribution is 0.262. The summed E-state index contributed by atoms with van der Waals surface area (Å²) in [5.41, 5.74) is 1.01. The van der Waals surface area contributed by atoms with E-state index in [2.05, 4.69) is 15.6 Å². The molecule has 0 spiro atoms. The molecule has 0 saturated carbocycles. The number of halogens is 1. The SMILES string of the molecule is Cc1nc(NC(=O)Nc2ccccc2F)sc1C. The Morgan fingerprint density at radius 1 is 1.28 bits per heavy atom. The first-order valence-corrected chi connectivity index (χ1v) is 6.14. The van der Waals surface area contributed by atoms with Crippen molar-refractivity contribution in [3.63, 3.8) is 0 Å². The van der Waals surface area contributed by atoms with Gasteiger partial charge >= 0.3 is 6.03 Å². The zero-order chi connectivity index (χ0) is 13.1. The second-order valence-electron chi connectivity index (χ2n) is 3.72. The predicted octanol–water partition coefficient (Wildman–Crippen LogP) is 3.54. The summed E-state index contributed by atoms with van der Waals surface area (Å²) in [4.78, 5) is 16.8. The zero-order valence-electron chi connectivity index (χ0n) is 9.95. The first-order valence-electron chi connectivity index (χ1n) is 5.33. The molecule has 2 amide bonds. The third kappa shape index (κ3) is 2.84. The van der Waals surface area contributed by atoms with Gasteiger partial charge < -0.3 is 5.32 Å². The summed E-state index contributed by atoms with van der Waals surface area (Å²) in [7, 11) is 0. The molecule has 6 heteroatoms. The number of para-hydroxylation sites is 1. The number of carbonyl (C=O) groups is 1. The molecule has 1 aromatic heterocycles. The van der Waals surface area contributed by atoms with E-state index in [0.29, 0.717) is 5.13 Å². The lowest BCUT2D eigenvalue weighted by Gasteiger charge is -2.05. The van der Waals surface area contributed by atoms with Crippen LogP contribution >= 0.6 is 11.3 Å². The highest BCUT2D eigenvalue weighted by Crippen LogP contribution is 2.21. The highest BCUT2D eigenvalue weighted by molar-refractivity contribution is 7.15. The number of thiazole rings is 1. The molecule has 0 saturated heterocycles. The Morgan fingerprint density at radius 3 is 2.61 bits per heavy atom. The maximum absolute atomic E-state index is 13.3. The quantitative estimate of drug-likeness (QED) is 0.872. The van der Waals surface area contributed by atoms with Crippen molar-refractivity contribution in [3.8, 4) is 0 Å². The van der Waals surface area contributed by atoms with Crippen LogP contribution in [-0.2, 0) is 0 Å². The number of hydrogen-bond acceptors (Lipinski definition) is 3. The number of nitrogens with one attached hydrogen (secondary N) is 2. The maximum Gasteiger partial charge on any atom is 0.325 e. The van der Waals surface area contributed by atoms with Crippen LogP contribution in [0.4, 0.5) is 20.0 Å². The fourth-order valence-electron chi connectivity index (χ4n) is 1.34. The molecule has 0 radical (unpaired) electrons. The van der Waals surface area contributed by atoms with Gasteiger partial charge in [-0.1, -0.05) is 12.1 Å². The monoisotopic (exact) mass is 265 g/mol. The minimum atomic E-state index is -0.506. The zero-order valence-corrected chi connectivity index (χ0v) is 10.8. The van der Waals surface area contributed by atoms with Gasteiger partial charge in [0, 0.05) is 4.88 Å². The summed E-state index contributed by atoms with van der Waals surface area (Å²) in [5.74, 6) is -0.473. The highest BCUT2D eigenvalue weighted by atomic mass is 32.1. The van der Waals surface area contributed by atoms with E-state index < -0.39 is 11.8 Å². The Bertz CT molecular complexity index is 563.